The Kier molecular flexibility index (Phi) is 4.74. The Morgan fingerprint density at radius 2 is 1.69 bits per heavy atom. The van der Waals surface area contributed by atoms with Crippen LogP contribution in [0.2, 0.25) is 0 Å². The number of aryl methyl sites for hydroxylation is 2. The quantitative estimate of drug-likeness (QED) is 0.454. The lowest BCUT2D eigenvalue weighted by molar-refractivity contribution is 0.633. The minimum Gasteiger partial charge on any atom is -0.386 e. The minimum atomic E-state index is -0.213. The van der Waals surface area contributed by atoms with E-state index in [-0.39, 0.29) is 11.9 Å². The highest BCUT2D eigenvalue weighted by Crippen LogP contribution is 2.34. The van der Waals surface area contributed by atoms with Gasteiger partial charge in [0.25, 0.3) is 0 Å². The lowest BCUT2D eigenvalue weighted by atomic mass is 10.0. The van der Waals surface area contributed by atoms with E-state index in [2.05, 4.69) is 38.3 Å². The summed E-state index contributed by atoms with van der Waals surface area (Å²) in [7, 11) is 5.65. The first-order valence-corrected chi connectivity index (χ1v) is 9.61. The van der Waals surface area contributed by atoms with Crippen molar-refractivity contribution in [3.05, 3.63) is 53.6 Å². The fourth-order valence-corrected chi connectivity index (χ4v) is 3.93. The van der Waals surface area contributed by atoms with Crippen LogP contribution < -0.4 is 16.0 Å². The predicted molar refractivity (Wildman–Crippen MR) is 118 cm³/mol. The van der Waals surface area contributed by atoms with Gasteiger partial charge in [-0.15, -0.1) is 5.10 Å². The maximum atomic E-state index is 14.2. The molecule has 2 aromatic heterocycles. The van der Waals surface area contributed by atoms with Gasteiger partial charge in [-0.3, -0.25) is 0 Å². The molecule has 0 amide bonds. The molecule has 6 nitrogen and oxygen atoms in total. The molecule has 0 aliphatic heterocycles. The minimum absolute atomic E-state index is 0.0890. The van der Waals surface area contributed by atoms with E-state index in [0.29, 0.717) is 11.2 Å². The number of fused-ring (bicyclic) bond motifs is 2. The van der Waals surface area contributed by atoms with Gasteiger partial charge in [-0.05, 0) is 37.6 Å². The number of nitrogens with zero attached hydrogens (tertiary/aromatic N) is 3. The van der Waals surface area contributed by atoms with Crippen LogP contribution in [0.15, 0.2) is 36.5 Å². The first kappa shape index (κ1) is 19.0. The van der Waals surface area contributed by atoms with Gasteiger partial charge in [0.1, 0.15) is 5.82 Å². The average molecular weight is 392 g/mol. The van der Waals surface area contributed by atoms with Crippen molar-refractivity contribution in [2.24, 2.45) is 7.05 Å². The number of rotatable bonds is 5. The molecule has 2 aromatic carbocycles. The number of para-hydroxylation sites is 1. The first-order valence-electron chi connectivity index (χ1n) is 9.61. The third-order valence-corrected chi connectivity index (χ3v) is 5.45. The number of anilines is 3. The first-order chi connectivity index (χ1) is 13.9. The van der Waals surface area contributed by atoms with E-state index in [1.54, 1.807) is 6.07 Å². The van der Waals surface area contributed by atoms with Gasteiger partial charge in [-0.25, -0.2) is 4.39 Å². The van der Waals surface area contributed by atoms with Crippen molar-refractivity contribution in [1.82, 2.24) is 14.8 Å². The third kappa shape index (κ3) is 3.12. The Morgan fingerprint density at radius 1 is 1.00 bits per heavy atom. The molecule has 29 heavy (non-hydrogen) atoms. The predicted octanol–water partition coefficient (Wildman–Crippen LogP) is 4.83. The highest BCUT2D eigenvalue weighted by molar-refractivity contribution is 5.99. The zero-order chi connectivity index (χ0) is 20.7. The van der Waals surface area contributed by atoms with E-state index in [1.807, 2.05) is 51.7 Å². The zero-order valence-corrected chi connectivity index (χ0v) is 17.3. The molecule has 0 aliphatic carbocycles. The summed E-state index contributed by atoms with van der Waals surface area (Å²) < 4.78 is 16.0. The Hall–Kier alpha value is -3.35. The Morgan fingerprint density at radius 3 is 2.38 bits per heavy atom. The lowest BCUT2D eigenvalue weighted by Crippen LogP contribution is -2.11. The Bertz CT molecular complexity index is 1210. The second kappa shape index (κ2) is 7.24. The highest BCUT2D eigenvalue weighted by Gasteiger charge is 2.17. The van der Waals surface area contributed by atoms with Crippen LogP contribution in [0.5, 0.6) is 0 Å². The molecule has 0 aliphatic rings. The molecule has 0 unspecified atom stereocenters. The summed E-state index contributed by atoms with van der Waals surface area (Å²) in [6, 6.07) is 9.77. The van der Waals surface area contributed by atoms with Crippen molar-refractivity contribution in [2.45, 2.75) is 19.9 Å². The van der Waals surface area contributed by atoms with Crippen molar-refractivity contribution in [2.75, 3.05) is 30.0 Å². The van der Waals surface area contributed by atoms with Crippen LogP contribution in [0.3, 0.4) is 0 Å². The van der Waals surface area contributed by atoms with Crippen molar-refractivity contribution >= 4 is 38.9 Å². The van der Waals surface area contributed by atoms with Crippen LogP contribution >= 0.6 is 0 Å². The number of halogens is 1. The maximum Gasteiger partial charge on any atom is 0.157 e. The Labute approximate surface area is 169 Å². The molecule has 4 rings (SSSR count). The molecule has 7 heteroatoms. The van der Waals surface area contributed by atoms with Crippen LogP contribution in [0.1, 0.15) is 24.2 Å². The van der Waals surface area contributed by atoms with Gasteiger partial charge in [0.2, 0.25) is 0 Å². The maximum absolute atomic E-state index is 14.2. The molecule has 0 spiro atoms. The smallest absolute Gasteiger partial charge is 0.157 e. The van der Waals surface area contributed by atoms with E-state index in [4.69, 9.17) is 0 Å². The summed E-state index contributed by atoms with van der Waals surface area (Å²) in [5.74, 6) is 0.485. The number of nitrogens with one attached hydrogen (secondary N) is 3. The molecule has 0 saturated carbocycles. The molecule has 0 radical (unpaired) electrons. The fourth-order valence-electron chi connectivity index (χ4n) is 3.93. The summed E-state index contributed by atoms with van der Waals surface area (Å²) in [4.78, 5) is 0. The average Bonchev–Trinajstić information content (AvgIpc) is 3.03. The molecule has 0 bridgehead atoms. The molecule has 150 valence electrons. The van der Waals surface area contributed by atoms with Gasteiger partial charge >= 0.3 is 0 Å². The van der Waals surface area contributed by atoms with Gasteiger partial charge in [0, 0.05) is 43.5 Å². The van der Waals surface area contributed by atoms with Crippen molar-refractivity contribution in [3.63, 3.8) is 0 Å². The molecule has 0 fully saturated rings. The summed E-state index contributed by atoms with van der Waals surface area (Å²) in [5.41, 5.74) is 4.73. The van der Waals surface area contributed by atoms with Gasteiger partial charge in [-0.2, -0.15) is 5.10 Å². The third-order valence-electron chi connectivity index (χ3n) is 5.45. The summed E-state index contributed by atoms with van der Waals surface area (Å²) in [6.45, 7) is 4.00. The molecule has 3 N–H and O–H groups in total. The summed E-state index contributed by atoms with van der Waals surface area (Å²) in [6.07, 6.45) is 1.51. The van der Waals surface area contributed by atoms with Crippen molar-refractivity contribution < 1.29 is 4.39 Å². The van der Waals surface area contributed by atoms with E-state index in [1.165, 1.54) is 6.20 Å². The van der Waals surface area contributed by atoms with Crippen LogP contribution in [-0.2, 0) is 7.05 Å². The molecule has 2 heterocycles. The second-order valence-corrected chi connectivity index (χ2v) is 7.27. The van der Waals surface area contributed by atoms with Crippen LogP contribution in [0, 0.1) is 12.7 Å². The van der Waals surface area contributed by atoms with Crippen molar-refractivity contribution in [3.8, 4) is 0 Å². The van der Waals surface area contributed by atoms with Gasteiger partial charge in [0.05, 0.1) is 28.6 Å². The zero-order valence-electron chi connectivity index (χ0n) is 17.3. The molecule has 4 aromatic rings. The monoisotopic (exact) mass is 392 g/mol. The Balaban J connectivity index is 1.81. The lowest BCUT2D eigenvalue weighted by Gasteiger charge is -2.19. The van der Waals surface area contributed by atoms with Crippen LogP contribution in [0.4, 0.5) is 21.6 Å². The van der Waals surface area contributed by atoms with Crippen LogP contribution in [-0.4, -0.2) is 28.9 Å². The number of aromatic nitrogens is 3. The standard InChI is InChI=1S/C22H25FN6/c1-12(14-7-6-8-15-18(23)11-29(5)21(14)15)26-22-17-10-20(25-4)19(24-3)9-16(17)13(2)27-28-22/h6-12,24-25H,1-5H3,(H,26,28)/t12-/m1/s1. The van der Waals surface area contributed by atoms with E-state index >= 15 is 0 Å². The largest absolute Gasteiger partial charge is 0.386 e. The fraction of sp³-hybridized carbons (Fsp3) is 0.273. The second-order valence-electron chi connectivity index (χ2n) is 7.27. The number of hydrogen-bond donors (Lipinski definition) is 3. The van der Waals surface area contributed by atoms with E-state index in [0.717, 1.165) is 38.9 Å². The van der Waals surface area contributed by atoms with Gasteiger partial charge in [0.15, 0.2) is 5.82 Å². The van der Waals surface area contributed by atoms with Gasteiger partial charge in [-0.1, -0.05) is 12.1 Å². The van der Waals surface area contributed by atoms with E-state index in [9.17, 15) is 4.39 Å². The summed E-state index contributed by atoms with van der Waals surface area (Å²) >= 11 is 0. The topological polar surface area (TPSA) is 66.8 Å². The molecular weight excluding hydrogens is 367 g/mol. The molecule has 0 saturated heterocycles. The highest BCUT2D eigenvalue weighted by atomic mass is 19.1. The SMILES string of the molecule is CNc1cc2c(C)nnc(N[C@H](C)c3cccc4c(F)cn(C)c34)c2cc1NC. The van der Waals surface area contributed by atoms with Crippen molar-refractivity contribution in [1.29, 1.82) is 0 Å². The molecular formula is C22H25FN6. The number of benzene rings is 2. The molecule has 1 atom stereocenters. The normalized spacial score (nSPS) is 12.3. The summed E-state index contributed by atoms with van der Waals surface area (Å²) in [5, 5.41) is 21.3. The number of hydrogen-bond acceptors (Lipinski definition) is 5. The van der Waals surface area contributed by atoms with Crippen LogP contribution in [0.25, 0.3) is 21.7 Å². The van der Waals surface area contributed by atoms with Gasteiger partial charge < -0.3 is 20.5 Å². The van der Waals surface area contributed by atoms with E-state index < -0.39 is 0 Å².